The van der Waals surface area contributed by atoms with E-state index in [1.807, 2.05) is 19.1 Å². The predicted molar refractivity (Wildman–Crippen MR) is 124 cm³/mol. The minimum atomic E-state index is -3.38. The van der Waals surface area contributed by atoms with Crippen LogP contribution in [-0.4, -0.2) is 65.8 Å². The van der Waals surface area contributed by atoms with Crippen LogP contribution in [0.5, 0.6) is 11.5 Å². The molecular formula is C22H28N4O5S. The van der Waals surface area contributed by atoms with Crippen molar-refractivity contribution < 1.29 is 22.7 Å². The van der Waals surface area contributed by atoms with E-state index in [0.29, 0.717) is 29.3 Å². The summed E-state index contributed by atoms with van der Waals surface area (Å²) in [6, 6.07) is 10.2. The largest absolute Gasteiger partial charge is 0.493 e. The number of rotatable bonds is 5. The number of urea groups is 1. The number of amides is 2. The van der Waals surface area contributed by atoms with Crippen LogP contribution in [0, 0.1) is 0 Å². The van der Waals surface area contributed by atoms with Crippen LogP contribution < -0.4 is 19.1 Å². The minimum Gasteiger partial charge on any atom is -0.493 e. The molecule has 3 rings (SSSR count). The van der Waals surface area contributed by atoms with E-state index in [1.165, 1.54) is 16.4 Å². The highest BCUT2D eigenvalue weighted by atomic mass is 32.2. The lowest BCUT2D eigenvalue weighted by molar-refractivity contribution is 0.184. The van der Waals surface area contributed by atoms with Crippen LogP contribution in [0.3, 0.4) is 0 Å². The maximum Gasteiger partial charge on any atom is 0.337 e. The Morgan fingerprint density at radius 1 is 1.16 bits per heavy atom. The molecule has 0 aromatic heterocycles. The van der Waals surface area contributed by atoms with Gasteiger partial charge in [-0.2, -0.15) is 5.10 Å². The second-order valence-corrected chi connectivity index (χ2v) is 9.56. The molecule has 32 heavy (non-hydrogen) atoms. The van der Waals surface area contributed by atoms with Crippen molar-refractivity contribution in [3.05, 3.63) is 53.1 Å². The highest BCUT2D eigenvalue weighted by molar-refractivity contribution is 7.92. The Kier molecular flexibility index (Phi) is 6.63. The van der Waals surface area contributed by atoms with Crippen LogP contribution in [0.15, 0.2) is 41.5 Å². The first-order chi connectivity index (χ1) is 15.1. The third-order valence-corrected chi connectivity index (χ3v) is 6.63. The molecule has 1 heterocycles. The first-order valence-electron chi connectivity index (χ1n) is 9.99. The number of hydrogen-bond acceptors (Lipinski definition) is 6. The Labute approximate surface area is 188 Å². The fraction of sp³-hybridized carbons (Fsp3) is 0.364. The highest BCUT2D eigenvalue weighted by Gasteiger charge is 2.28. The summed E-state index contributed by atoms with van der Waals surface area (Å²) >= 11 is 0. The van der Waals surface area contributed by atoms with Crippen molar-refractivity contribution in [2.75, 3.05) is 38.9 Å². The molecule has 9 nitrogen and oxygen atoms in total. The van der Waals surface area contributed by atoms with Crippen molar-refractivity contribution in [1.82, 2.24) is 10.3 Å². The van der Waals surface area contributed by atoms with Crippen molar-refractivity contribution >= 4 is 27.5 Å². The van der Waals surface area contributed by atoms with E-state index in [2.05, 4.69) is 5.32 Å². The van der Waals surface area contributed by atoms with Crippen LogP contribution in [-0.2, 0) is 16.4 Å². The standard InChI is InChI=1S/C22H28N4O5S/c1-14-11-16-12-19(30-4)20(31-5)13-18(16)21(24-26(14)22(27)23-2)15-7-9-17(10-8-15)25(3)32(6,28)29/h7-10,12-14H,11H2,1-6H3,(H,23,27). The average molecular weight is 461 g/mol. The number of carbonyl (C=O) groups is 1. The Bertz CT molecular complexity index is 1150. The van der Waals surface area contributed by atoms with E-state index in [4.69, 9.17) is 14.6 Å². The van der Waals surface area contributed by atoms with E-state index in [9.17, 15) is 13.2 Å². The first-order valence-corrected chi connectivity index (χ1v) is 11.8. The number of fused-ring (bicyclic) bond motifs is 1. The monoisotopic (exact) mass is 460 g/mol. The third-order valence-electron chi connectivity index (χ3n) is 5.43. The lowest BCUT2D eigenvalue weighted by Crippen LogP contribution is -2.41. The summed E-state index contributed by atoms with van der Waals surface area (Å²) in [7, 11) is 2.81. The Morgan fingerprint density at radius 2 is 1.75 bits per heavy atom. The molecule has 1 N–H and O–H groups in total. The molecule has 0 saturated carbocycles. The molecule has 0 radical (unpaired) electrons. The fourth-order valence-corrected chi connectivity index (χ4v) is 4.07. The van der Waals surface area contributed by atoms with Crippen LogP contribution in [0.1, 0.15) is 23.6 Å². The van der Waals surface area contributed by atoms with Crippen LogP contribution >= 0.6 is 0 Å². The van der Waals surface area contributed by atoms with Crippen molar-refractivity contribution in [1.29, 1.82) is 0 Å². The lowest BCUT2D eigenvalue weighted by atomic mass is 9.94. The second-order valence-electron chi connectivity index (χ2n) is 7.54. The number of anilines is 1. The van der Waals surface area contributed by atoms with Crippen molar-refractivity contribution in [3.8, 4) is 11.5 Å². The maximum atomic E-state index is 12.5. The number of nitrogens with one attached hydrogen (secondary N) is 1. The van der Waals surface area contributed by atoms with Gasteiger partial charge in [-0.05, 0) is 43.2 Å². The van der Waals surface area contributed by atoms with E-state index in [-0.39, 0.29) is 12.1 Å². The Balaban J connectivity index is 2.19. The summed E-state index contributed by atoms with van der Waals surface area (Å²) in [4.78, 5) is 12.5. The quantitative estimate of drug-likeness (QED) is 0.739. The molecule has 0 bridgehead atoms. The molecule has 2 aromatic carbocycles. The molecule has 1 atom stereocenters. The number of nitrogens with zero attached hydrogens (tertiary/aromatic N) is 3. The third kappa shape index (κ3) is 4.50. The molecule has 0 saturated heterocycles. The van der Waals surface area contributed by atoms with Gasteiger partial charge >= 0.3 is 6.03 Å². The van der Waals surface area contributed by atoms with Crippen molar-refractivity contribution in [2.45, 2.75) is 19.4 Å². The van der Waals surface area contributed by atoms with E-state index in [0.717, 1.165) is 22.9 Å². The molecular weight excluding hydrogens is 432 g/mol. The van der Waals surface area contributed by atoms with E-state index in [1.54, 1.807) is 45.5 Å². The van der Waals surface area contributed by atoms with Gasteiger partial charge in [0.1, 0.15) is 0 Å². The van der Waals surface area contributed by atoms with E-state index < -0.39 is 10.0 Å². The molecule has 0 fully saturated rings. The van der Waals surface area contributed by atoms with Crippen LogP contribution in [0.25, 0.3) is 0 Å². The molecule has 0 aliphatic carbocycles. The van der Waals surface area contributed by atoms with Gasteiger partial charge in [0, 0.05) is 25.2 Å². The maximum absolute atomic E-state index is 12.5. The second kappa shape index (κ2) is 9.07. The van der Waals surface area contributed by atoms with Gasteiger partial charge in [-0.1, -0.05) is 12.1 Å². The molecule has 172 valence electrons. The number of ether oxygens (including phenoxy) is 2. The number of benzene rings is 2. The number of hydrogen-bond donors (Lipinski definition) is 1. The summed E-state index contributed by atoms with van der Waals surface area (Å²) in [5.41, 5.74) is 3.59. The molecule has 10 heteroatoms. The lowest BCUT2D eigenvalue weighted by Gasteiger charge is -2.22. The summed E-state index contributed by atoms with van der Waals surface area (Å²) in [5.74, 6) is 1.14. The van der Waals surface area contributed by atoms with Crippen LogP contribution in [0.4, 0.5) is 10.5 Å². The zero-order chi connectivity index (χ0) is 23.6. The summed E-state index contributed by atoms with van der Waals surface area (Å²) in [6.07, 6.45) is 1.71. The van der Waals surface area contributed by atoms with E-state index >= 15 is 0 Å². The first kappa shape index (κ1) is 23.4. The molecule has 1 aliphatic rings. The van der Waals surface area contributed by atoms with Gasteiger partial charge in [-0.15, -0.1) is 0 Å². The van der Waals surface area contributed by atoms with Gasteiger partial charge < -0.3 is 14.8 Å². The van der Waals surface area contributed by atoms with Crippen molar-refractivity contribution in [2.24, 2.45) is 5.10 Å². The fourth-order valence-electron chi connectivity index (χ4n) is 3.57. The zero-order valence-electron chi connectivity index (χ0n) is 19.0. The predicted octanol–water partition coefficient (Wildman–Crippen LogP) is 2.44. The molecule has 1 unspecified atom stereocenters. The SMILES string of the molecule is CNC(=O)N1N=C(c2ccc(N(C)S(C)(=O)=O)cc2)c2cc(OC)c(OC)cc2CC1C. The highest BCUT2D eigenvalue weighted by Crippen LogP contribution is 2.34. The number of carbonyl (C=O) groups excluding carboxylic acids is 1. The molecule has 2 amide bonds. The molecule has 1 aliphatic heterocycles. The van der Waals surface area contributed by atoms with Crippen LogP contribution in [0.2, 0.25) is 0 Å². The topological polar surface area (TPSA) is 101 Å². The average Bonchev–Trinajstić information content (AvgIpc) is 2.92. The van der Waals surface area contributed by atoms with Gasteiger partial charge in [0.2, 0.25) is 10.0 Å². The number of hydrazone groups is 1. The minimum absolute atomic E-state index is 0.208. The smallest absolute Gasteiger partial charge is 0.337 e. The summed E-state index contributed by atoms with van der Waals surface area (Å²) in [5, 5.41) is 8.76. The van der Waals surface area contributed by atoms with Gasteiger partial charge in [0.15, 0.2) is 11.5 Å². The van der Waals surface area contributed by atoms with Gasteiger partial charge in [-0.3, -0.25) is 4.31 Å². The van der Waals surface area contributed by atoms with Crippen molar-refractivity contribution in [3.63, 3.8) is 0 Å². The summed E-state index contributed by atoms with van der Waals surface area (Å²) in [6.45, 7) is 1.92. The normalized spacial score (nSPS) is 15.9. The van der Waals surface area contributed by atoms with Gasteiger partial charge in [0.05, 0.1) is 37.9 Å². The summed E-state index contributed by atoms with van der Waals surface area (Å²) < 4.78 is 35.9. The molecule has 0 spiro atoms. The number of sulfonamides is 1. The molecule has 2 aromatic rings. The Hall–Kier alpha value is -3.27. The zero-order valence-corrected chi connectivity index (χ0v) is 19.9. The Morgan fingerprint density at radius 3 is 2.28 bits per heavy atom. The van der Waals surface area contributed by atoms with Gasteiger partial charge in [-0.25, -0.2) is 18.2 Å². The number of methoxy groups -OCH3 is 2. The van der Waals surface area contributed by atoms with Gasteiger partial charge in [0.25, 0.3) is 0 Å².